The third-order valence-corrected chi connectivity index (χ3v) is 7.93. The van der Waals surface area contributed by atoms with Gasteiger partial charge in [0.15, 0.2) is 5.88 Å². The van der Waals surface area contributed by atoms with Crippen LogP contribution in [0.15, 0.2) is 138 Å². The molecule has 1 aromatic heterocycles. The molecule has 9 heteroatoms. The molecular formula is C37H28N3O5S-. The van der Waals surface area contributed by atoms with Crippen LogP contribution in [0.5, 0.6) is 11.6 Å². The van der Waals surface area contributed by atoms with Crippen molar-refractivity contribution in [1.29, 1.82) is 0 Å². The minimum Gasteiger partial charge on any atom is -0.872 e. The molecule has 0 bridgehead atoms. The molecule has 6 aromatic rings. The van der Waals surface area contributed by atoms with Gasteiger partial charge in [-0.1, -0.05) is 121 Å². The SMILES string of the molecule is CS(=O)(=O)Nc1cccc([O-])c1.O=C1N=C(c2ccc(-c3ccccc3)cc2)c2c(O)[nH]c(-c3ccc(-c4ccccc4)cc3)c21. The van der Waals surface area contributed by atoms with E-state index in [2.05, 4.69) is 39.0 Å². The standard InChI is InChI=1S/C30H20N2O2.C7H9NO3S/c33-29-25-26(28(32-29)24-17-13-22(14-18-24)20-9-5-2-6-10-20)30(34)31-27(25)23-15-11-21(12-16-23)19-7-3-1-4-8-19;1-12(10,11)8-6-3-2-4-7(9)5-6/h1-18,31,34H;2-5,8-9H,1H3/p-1. The Hall–Kier alpha value is -5.93. The number of nitrogens with zero attached hydrogens (tertiary/aromatic N) is 1. The van der Waals surface area contributed by atoms with E-state index >= 15 is 0 Å². The quantitative estimate of drug-likeness (QED) is 0.186. The van der Waals surface area contributed by atoms with Crippen LogP contribution in [0, 0.1) is 0 Å². The van der Waals surface area contributed by atoms with Gasteiger partial charge in [-0.2, -0.15) is 0 Å². The number of aromatic hydroxyl groups is 1. The number of hydrogen-bond donors (Lipinski definition) is 3. The zero-order chi connectivity index (χ0) is 32.3. The number of hydrogen-bond acceptors (Lipinski definition) is 5. The van der Waals surface area contributed by atoms with E-state index in [1.54, 1.807) is 0 Å². The Bertz CT molecular complexity index is 2160. The first-order valence-corrected chi connectivity index (χ1v) is 16.2. The molecule has 0 fully saturated rings. The van der Waals surface area contributed by atoms with Crippen molar-refractivity contribution in [2.45, 2.75) is 0 Å². The summed E-state index contributed by atoms with van der Waals surface area (Å²) in [5.74, 6) is -0.617. The van der Waals surface area contributed by atoms with Gasteiger partial charge in [0.1, 0.15) is 0 Å². The molecule has 8 nitrogen and oxygen atoms in total. The Morgan fingerprint density at radius 2 is 1.15 bits per heavy atom. The van der Waals surface area contributed by atoms with Crippen molar-refractivity contribution in [1.82, 2.24) is 4.98 Å². The first kappa shape index (κ1) is 30.1. The van der Waals surface area contributed by atoms with Gasteiger partial charge >= 0.3 is 0 Å². The maximum absolute atomic E-state index is 12.9. The molecule has 1 aliphatic heterocycles. The predicted octanol–water partition coefficient (Wildman–Crippen LogP) is 6.84. The van der Waals surface area contributed by atoms with Crippen LogP contribution in [-0.2, 0) is 10.0 Å². The first-order chi connectivity index (χ1) is 22.2. The lowest BCUT2D eigenvalue weighted by Gasteiger charge is -2.08. The van der Waals surface area contributed by atoms with Crippen LogP contribution < -0.4 is 9.83 Å². The van der Waals surface area contributed by atoms with Crippen molar-refractivity contribution in [3.8, 4) is 45.1 Å². The van der Waals surface area contributed by atoms with Gasteiger partial charge in [0.25, 0.3) is 5.91 Å². The highest BCUT2D eigenvalue weighted by Crippen LogP contribution is 2.38. The van der Waals surface area contributed by atoms with Crippen molar-refractivity contribution >= 4 is 27.3 Å². The summed E-state index contributed by atoms with van der Waals surface area (Å²) in [6.45, 7) is 0. The largest absolute Gasteiger partial charge is 0.872 e. The number of aromatic nitrogens is 1. The molecule has 0 saturated carbocycles. The number of rotatable bonds is 6. The lowest BCUT2D eigenvalue weighted by Crippen LogP contribution is -2.09. The fraction of sp³-hybridized carbons (Fsp3) is 0.0270. The smallest absolute Gasteiger partial charge is 0.280 e. The molecule has 0 atom stereocenters. The Balaban J connectivity index is 0.000000262. The summed E-state index contributed by atoms with van der Waals surface area (Å²) in [5.41, 5.74) is 8.23. The minimum atomic E-state index is -3.28. The number of carbonyl (C=O) groups excluding carboxylic acids is 1. The summed E-state index contributed by atoms with van der Waals surface area (Å²) >= 11 is 0. The summed E-state index contributed by atoms with van der Waals surface area (Å²) in [7, 11) is -3.28. The fourth-order valence-electron chi connectivity index (χ4n) is 5.25. The zero-order valence-electron chi connectivity index (χ0n) is 24.6. The van der Waals surface area contributed by atoms with E-state index in [4.69, 9.17) is 0 Å². The number of amides is 1. The van der Waals surface area contributed by atoms with Gasteiger partial charge in [0, 0.05) is 11.3 Å². The van der Waals surface area contributed by atoms with E-state index in [-0.39, 0.29) is 17.5 Å². The molecule has 0 aliphatic carbocycles. The molecule has 0 spiro atoms. The monoisotopic (exact) mass is 626 g/mol. The Morgan fingerprint density at radius 3 is 1.67 bits per heavy atom. The van der Waals surface area contributed by atoms with Crippen LogP contribution in [-0.4, -0.2) is 36.4 Å². The van der Waals surface area contributed by atoms with Crippen LogP contribution in [0.4, 0.5) is 5.69 Å². The van der Waals surface area contributed by atoms with E-state index in [1.807, 2.05) is 84.9 Å². The third-order valence-electron chi connectivity index (χ3n) is 7.33. The predicted molar refractivity (Wildman–Crippen MR) is 180 cm³/mol. The van der Waals surface area contributed by atoms with Gasteiger partial charge < -0.3 is 15.2 Å². The van der Waals surface area contributed by atoms with Crippen LogP contribution in [0.1, 0.15) is 21.5 Å². The average Bonchev–Trinajstić information content (AvgIpc) is 3.59. The summed E-state index contributed by atoms with van der Waals surface area (Å²) in [6, 6.07) is 41.6. The van der Waals surface area contributed by atoms with Gasteiger partial charge in [-0.15, -0.1) is 5.75 Å². The van der Waals surface area contributed by atoms with Gasteiger partial charge in [0.05, 0.1) is 28.8 Å². The number of aliphatic imine (C=N–C) groups is 1. The average molecular weight is 627 g/mol. The summed E-state index contributed by atoms with van der Waals surface area (Å²) in [5, 5.41) is 21.5. The number of nitrogens with one attached hydrogen (secondary N) is 2. The second kappa shape index (κ2) is 12.6. The van der Waals surface area contributed by atoms with Crippen LogP contribution in [0.2, 0.25) is 0 Å². The molecule has 0 radical (unpaired) electrons. The van der Waals surface area contributed by atoms with Crippen LogP contribution >= 0.6 is 0 Å². The third kappa shape index (κ3) is 6.59. The molecule has 1 amide bonds. The zero-order valence-corrected chi connectivity index (χ0v) is 25.5. The first-order valence-electron chi connectivity index (χ1n) is 14.3. The molecule has 0 unspecified atom stereocenters. The minimum absolute atomic E-state index is 0.0473. The molecule has 5 aromatic carbocycles. The van der Waals surface area contributed by atoms with Crippen molar-refractivity contribution in [3.05, 3.63) is 150 Å². The Morgan fingerprint density at radius 1 is 0.652 bits per heavy atom. The fourth-order valence-corrected chi connectivity index (χ4v) is 5.81. The summed E-state index contributed by atoms with van der Waals surface area (Å²) < 4.78 is 23.6. The highest BCUT2D eigenvalue weighted by molar-refractivity contribution is 7.92. The highest BCUT2D eigenvalue weighted by Gasteiger charge is 2.33. The molecule has 1 aliphatic rings. The summed E-state index contributed by atoms with van der Waals surface area (Å²) in [6.07, 6.45) is 1.03. The normalized spacial score (nSPS) is 12.1. The molecule has 3 N–H and O–H groups in total. The van der Waals surface area contributed by atoms with Crippen molar-refractivity contribution < 1.29 is 23.4 Å². The van der Waals surface area contributed by atoms with E-state index in [1.165, 1.54) is 24.3 Å². The lowest BCUT2D eigenvalue weighted by atomic mass is 9.97. The van der Waals surface area contributed by atoms with Crippen molar-refractivity contribution in [2.24, 2.45) is 4.99 Å². The number of sulfonamides is 1. The molecule has 228 valence electrons. The summed E-state index contributed by atoms with van der Waals surface area (Å²) in [4.78, 5) is 20.2. The second-order valence-corrected chi connectivity index (χ2v) is 12.4. The van der Waals surface area contributed by atoms with Crippen LogP contribution in [0.3, 0.4) is 0 Å². The van der Waals surface area contributed by atoms with Gasteiger partial charge in [-0.25, -0.2) is 13.4 Å². The van der Waals surface area contributed by atoms with Crippen LogP contribution in [0.25, 0.3) is 33.5 Å². The number of carbonyl (C=O) groups is 1. The second-order valence-electron chi connectivity index (χ2n) is 10.7. The van der Waals surface area contributed by atoms with E-state index in [9.17, 15) is 23.4 Å². The maximum atomic E-state index is 12.9. The molecule has 0 saturated heterocycles. The van der Waals surface area contributed by atoms with Crippen molar-refractivity contribution in [2.75, 3.05) is 11.0 Å². The van der Waals surface area contributed by atoms with E-state index in [0.717, 1.165) is 39.6 Å². The highest BCUT2D eigenvalue weighted by atomic mass is 32.2. The number of fused-ring (bicyclic) bond motifs is 1. The topological polar surface area (TPSA) is 135 Å². The molecular weight excluding hydrogens is 598 g/mol. The Kier molecular flexibility index (Phi) is 8.24. The van der Waals surface area contributed by atoms with E-state index in [0.29, 0.717) is 28.2 Å². The number of benzene rings is 5. The molecule has 46 heavy (non-hydrogen) atoms. The maximum Gasteiger partial charge on any atom is 0.280 e. The van der Waals surface area contributed by atoms with Gasteiger partial charge in [-0.3, -0.25) is 9.52 Å². The van der Waals surface area contributed by atoms with Gasteiger partial charge in [0.2, 0.25) is 10.0 Å². The number of aromatic amines is 1. The van der Waals surface area contributed by atoms with Gasteiger partial charge in [-0.05, 0) is 39.9 Å². The Labute approximate surface area is 266 Å². The number of H-pyrrole nitrogens is 1. The molecule has 7 rings (SSSR count). The number of anilines is 1. The van der Waals surface area contributed by atoms with Crippen molar-refractivity contribution in [3.63, 3.8) is 0 Å². The molecule has 2 heterocycles. The van der Waals surface area contributed by atoms with E-state index < -0.39 is 10.0 Å². The lowest BCUT2D eigenvalue weighted by molar-refractivity contribution is -0.268.